The van der Waals surface area contributed by atoms with Gasteiger partial charge >= 0.3 is 5.97 Å². The minimum atomic E-state index is -0.327. The van der Waals surface area contributed by atoms with Crippen molar-refractivity contribution >= 4 is 28.2 Å². The van der Waals surface area contributed by atoms with Crippen LogP contribution in [0.1, 0.15) is 64.9 Å². The lowest BCUT2D eigenvalue weighted by atomic mass is 9.94. The van der Waals surface area contributed by atoms with E-state index in [0.29, 0.717) is 35.4 Å². The topological polar surface area (TPSA) is 97.6 Å². The Labute approximate surface area is 215 Å². The van der Waals surface area contributed by atoms with Crippen molar-refractivity contribution < 1.29 is 18.8 Å². The summed E-state index contributed by atoms with van der Waals surface area (Å²) < 4.78 is 10.8. The van der Waals surface area contributed by atoms with E-state index >= 15 is 0 Å². The number of fused-ring (bicyclic) bond motifs is 1. The van der Waals surface area contributed by atoms with E-state index in [1.54, 1.807) is 18.3 Å². The second-order valence-electron chi connectivity index (χ2n) is 9.55. The maximum Gasteiger partial charge on any atom is 0.341 e. The first-order valence-electron chi connectivity index (χ1n) is 12.8. The van der Waals surface area contributed by atoms with Crippen LogP contribution in [0.15, 0.2) is 28.8 Å². The Bertz CT molecular complexity index is 1230. The lowest BCUT2D eigenvalue weighted by Crippen LogP contribution is -2.37. The number of benzene rings is 1. The Morgan fingerprint density at radius 2 is 1.92 bits per heavy atom. The zero-order chi connectivity index (χ0) is 25.1. The monoisotopic (exact) mass is 508 g/mol. The van der Waals surface area contributed by atoms with E-state index in [0.717, 1.165) is 62.7 Å². The van der Waals surface area contributed by atoms with Gasteiger partial charge in [0.1, 0.15) is 5.00 Å². The normalized spacial score (nSPS) is 16.5. The summed E-state index contributed by atoms with van der Waals surface area (Å²) in [7, 11) is 0. The molecule has 1 N–H and O–H groups in total. The molecule has 3 heterocycles. The summed E-state index contributed by atoms with van der Waals surface area (Å²) in [6.45, 7) is 6.28. The zero-order valence-corrected chi connectivity index (χ0v) is 21.7. The second-order valence-corrected chi connectivity index (χ2v) is 10.7. The molecule has 1 fully saturated rings. The highest BCUT2D eigenvalue weighted by Gasteiger charge is 2.30. The highest BCUT2D eigenvalue weighted by atomic mass is 32.1. The van der Waals surface area contributed by atoms with Crippen LogP contribution in [0, 0.1) is 12.8 Å². The molecule has 0 unspecified atom stereocenters. The third kappa shape index (κ3) is 5.37. The minimum absolute atomic E-state index is 0.0155. The number of nitrogens with zero attached hydrogens (tertiary/aromatic N) is 3. The highest BCUT2D eigenvalue weighted by molar-refractivity contribution is 7.17. The maximum atomic E-state index is 13.1. The maximum absolute atomic E-state index is 13.1. The number of anilines is 1. The fourth-order valence-corrected chi connectivity index (χ4v) is 6.25. The lowest BCUT2D eigenvalue weighted by Gasteiger charge is -2.30. The van der Waals surface area contributed by atoms with Gasteiger partial charge in [-0.25, -0.2) is 4.79 Å². The summed E-state index contributed by atoms with van der Waals surface area (Å²) in [6, 6.07) is 8.04. The van der Waals surface area contributed by atoms with Crippen molar-refractivity contribution in [2.24, 2.45) is 5.92 Å². The van der Waals surface area contributed by atoms with Gasteiger partial charge in [-0.3, -0.25) is 9.69 Å². The van der Waals surface area contributed by atoms with Crippen LogP contribution in [-0.2, 0) is 28.9 Å². The van der Waals surface area contributed by atoms with E-state index in [1.807, 2.05) is 31.2 Å². The van der Waals surface area contributed by atoms with Gasteiger partial charge in [-0.2, -0.15) is 4.98 Å². The van der Waals surface area contributed by atoms with Crippen molar-refractivity contribution in [1.29, 1.82) is 0 Å². The van der Waals surface area contributed by atoms with E-state index in [4.69, 9.17) is 9.26 Å². The minimum Gasteiger partial charge on any atom is -0.462 e. The molecule has 1 aliphatic carbocycles. The van der Waals surface area contributed by atoms with Crippen molar-refractivity contribution in [1.82, 2.24) is 15.0 Å². The van der Waals surface area contributed by atoms with Crippen molar-refractivity contribution in [3.63, 3.8) is 0 Å². The van der Waals surface area contributed by atoms with Crippen LogP contribution in [0.3, 0.4) is 0 Å². The molecule has 1 saturated heterocycles. The first-order valence-corrected chi connectivity index (χ1v) is 13.6. The highest BCUT2D eigenvalue weighted by Crippen LogP contribution is 2.39. The molecule has 5 rings (SSSR count). The number of carbonyl (C=O) groups excluding carboxylic acids is 2. The smallest absolute Gasteiger partial charge is 0.341 e. The number of aromatic nitrogens is 2. The number of thiophene rings is 1. The van der Waals surface area contributed by atoms with Crippen molar-refractivity contribution in [3.8, 4) is 11.4 Å². The predicted octanol–water partition coefficient (Wildman–Crippen LogP) is 5.01. The molecule has 0 spiro atoms. The Morgan fingerprint density at radius 3 is 2.67 bits per heavy atom. The summed E-state index contributed by atoms with van der Waals surface area (Å²) in [4.78, 5) is 33.8. The number of likely N-dealkylation sites (tertiary alicyclic amines) is 1. The quantitative estimate of drug-likeness (QED) is 0.448. The molecule has 8 nitrogen and oxygen atoms in total. The molecule has 0 bridgehead atoms. The number of hydrogen-bond donors (Lipinski definition) is 1. The average molecular weight is 509 g/mol. The summed E-state index contributed by atoms with van der Waals surface area (Å²) in [5.74, 6) is 0.734. The van der Waals surface area contributed by atoms with Gasteiger partial charge in [0.2, 0.25) is 17.6 Å². The largest absolute Gasteiger partial charge is 0.462 e. The molecule has 190 valence electrons. The van der Waals surface area contributed by atoms with Crippen LogP contribution in [0.25, 0.3) is 11.4 Å². The number of piperidine rings is 1. The fourth-order valence-electron chi connectivity index (χ4n) is 4.97. The van der Waals surface area contributed by atoms with Crippen LogP contribution in [-0.4, -0.2) is 46.6 Å². The predicted molar refractivity (Wildman–Crippen MR) is 138 cm³/mol. The van der Waals surface area contributed by atoms with Crippen LogP contribution in [0.2, 0.25) is 0 Å². The van der Waals surface area contributed by atoms with Gasteiger partial charge < -0.3 is 14.6 Å². The second kappa shape index (κ2) is 10.9. The molecule has 1 amide bonds. The van der Waals surface area contributed by atoms with Gasteiger partial charge in [-0.05, 0) is 71.0 Å². The molecule has 1 aliphatic heterocycles. The Hall–Kier alpha value is -3.04. The number of hydrogen-bond acceptors (Lipinski definition) is 8. The molecule has 2 aliphatic rings. The van der Waals surface area contributed by atoms with E-state index in [2.05, 4.69) is 20.4 Å². The van der Waals surface area contributed by atoms with Gasteiger partial charge in [0.05, 0.1) is 18.7 Å². The third-order valence-corrected chi connectivity index (χ3v) is 8.19. The number of ether oxygens (including phenoxy) is 1. The Kier molecular flexibility index (Phi) is 7.48. The Morgan fingerprint density at radius 1 is 1.17 bits per heavy atom. The van der Waals surface area contributed by atoms with E-state index in [1.165, 1.54) is 10.4 Å². The van der Waals surface area contributed by atoms with Crippen LogP contribution in [0.4, 0.5) is 5.00 Å². The SMILES string of the molecule is CCOC(=O)c1c(NC(=O)C2CCN(Cc3nc(-c4ccc(C)cc4)no3)CC2)sc2c1CCCC2. The van der Waals surface area contributed by atoms with Crippen molar-refractivity contribution in [2.45, 2.75) is 58.9 Å². The molecule has 3 aromatic rings. The van der Waals surface area contributed by atoms with Gasteiger partial charge in [-0.1, -0.05) is 35.0 Å². The van der Waals surface area contributed by atoms with Crippen LogP contribution >= 0.6 is 11.3 Å². The van der Waals surface area contributed by atoms with Gasteiger partial charge in [0.15, 0.2) is 0 Å². The first-order chi connectivity index (χ1) is 17.5. The number of aryl methyl sites for hydroxylation is 2. The number of amides is 1. The summed E-state index contributed by atoms with van der Waals surface area (Å²) in [6.07, 6.45) is 5.50. The molecule has 0 radical (unpaired) electrons. The van der Waals surface area contributed by atoms with E-state index < -0.39 is 0 Å². The molecule has 0 saturated carbocycles. The summed E-state index contributed by atoms with van der Waals surface area (Å²) >= 11 is 1.54. The third-order valence-electron chi connectivity index (χ3n) is 6.98. The molecular weight excluding hydrogens is 476 g/mol. The molecule has 9 heteroatoms. The molecule has 1 aromatic carbocycles. The number of esters is 1. The van der Waals surface area contributed by atoms with Gasteiger partial charge in [-0.15, -0.1) is 11.3 Å². The van der Waals surface area contributed by atoms with Gasteiger partial charge in [0.25, 0.3) is 0 Å². The first kappa shape index (κ1) is 24.6. The van der Waals surface area contributed by atoms with E-state index in [9.17, 15) is 9.59 Å². The van der Waals surface area contributed by atoms with Crippen molar-refractivity contribution in [3.05, 3.63) is 51.7 Å². The summed E-state index contributed by atoms with van der Waals surface area (Å²) in [5, 5.41) is 7.86. The zero-order valence-electron chi connectivity index (χ0n) is 20.8. The fraction of sp³-hybridized carbons (Fsp3) is 0.481. The molecule has 2 aromatic heterocycles. The van der Waals surface area contributed by atoms with Crippen LogP contribution in [0.5, 0.6) is 0 Å². The Balaban J connectivity index is 1.18. The standard InChI is InChI=1S/C27H32N4O4S/c1-3-34-27(33)23-20-6-4-5-7-21(20)36-26(23)29-25(32)19-12-14-31(15-13-19)16-22-28-24(30-35-22)18-10-8-17(2)9-11-18/h8-11,19H,3-7,12-16H2,1-2H3,(H,29,32). The van der Waals surface area contributed by atoms with E-state index in [-0.39, 0.29) is 17.8 Å². The number of rotatable bonds is 7. The van der Waals surface area contributed by atoms with Gasteiger partial charge in [0, 0.05) is 16.4 Å². The molecular formula is C27H32N4O4S. The lowest BCUT2D eigenvalue weighted by molar-refractivity contribution is -0.121. The molecule has 0 atom stereocenters. The average Bonchev–Trinajstić information content (AvgIpc) is 3.49. The van der Waals surface area contributed by atoms with Crippen LogP contribution < -0.4 is 5.32 Å². The molecule has 36 heavy (non-hydrogen) atoms. The van der Waals surface area contributed by atoms with Crippen molar-refractivity contribution in [2.75, 3.05) is 25.0 Å². The number of nitrogens with one attached hydrogen (secondary N) is 1. The number of carbonyl (C=O) groups is 2. The summed E-state index contributed by atoms with van der Waals surface area (Å²) in [5.41, 5.74) is 3.76.